The summed E-state index contributed by atoms with van der Waals surface area (Å²) in [6.07, 6.45) is 2.98. The molecular formula is C12H14N2O. The molecule has 0 unspecified atom stereocenters. The van der Waals surface area contributed by atoms with E-state index >= 15 is 0 Å². The fraction of sp³-hybridized carbons (Fsp3) is 0.167. The summed E-state index contributed by atoms with van der Waals surface area (Å²) >= 11 is 0. The third-order valence-electron chi connectivity index (χ3n) is 1.71. The van der Waals surface area contributed by atoms with E-state index in [1.165, 1.54) is 6.34 Å². The number of ether oxygens (including phenoxy) is 1. The molecule has 3 heteroatoms. The maximum atomic E-state index is 5.46. The molecule has 3 nitrogen and oxygen atoms in total. The molecule has 15 heavy (non-hydrogen) atoms. The standard InChI is InChI=1S/C12H14N2O/c1-11(8-14-10-13-2)15-9-12-6-4-3-5-7-12/h3-8,10H,2,9H2,1H3/b11-8+,14-10?. The van der Waals surface area contributed by atoms with E-state index < -0.39 is 0 Å². The zero-order valence-electron chi connectivity index (χ0n) is 8.76. The largest absolute Gasteiger partial charge is 0.492 e. The van der Waals surface area contributed by atoms with E-state index in [0.717, 1.165) is 11.3 Å². The van der Waals surface area contributed by atoms with Crippen LogP contribution < -0.4 is 0 Å². The van der Waals surface area contributed by atoms with Crippen LogP contribution in [0.4, 0.5) is 0 Å². The lowest BCUT2D eigenvalue weighted by Gasteiger charge is -2.04. The van der Waals surface area contributed by atoms with Gasteiger partial charge in [-0.15, -0.1) is 0 Å². The van der Waals surface area contributed by atoms with E-state index in [1.54, 1.807) is 6.20 Å². The number of nitrogens with zero attached hydrogens (tertiary/aromatic N) is 2. The molecule has 1 aromatic rings. The van der Waals surface area contributed by atoms with Gasteiger partial charge in [0.15, 0.2) is 0 Å². The van der Waals surface area contributed by atoms with Crippen LogP contribution in [0.25, 0.3) is 0 Å². The van der Waals surface area contributed by atoms with Crippen molar-refractivity contribution in [2.75, 3.05) is 0 Å². The van der Waals surface area contributed by atoms with Crippen LogP contribution in [0.5, 0.6) is 0 Å². The van der Waals surface area contributed by atoms with Crippen molar-refractivity contribution in [2.24, 2.45) is 9.98 Å². The van der Waals surface area contributed by atoms with Crippen LogP contribution >= 0.6 is 0 Å². The molecule has 0 aromatic heterocycles. The average molecular weight is 202 g/mol. The summed E-state index contributed by atoms with van der Waals surface area (Å²) in [6.45, 7) is 5.69. The van der Waals surface area contributed by atoms with Crippen molar-refractivity contribution in [3.8, 4) is 0 Å². The van der Waals surface area contributed by atoms with E-state index in [9.17, 15) is 0 Å². The highest BCUT2D eigenvalue weighted by atomic mass is 16.5. The van der Waals surface area contributed by atoms with Gasteiger partial charge in [0.05, 0.1) is 6.20 Å². The van der Waals surface area contributed by atoms with E-state index in [4.69, 9.17) is 4.74 Å². The highest BCUT2D eigenvalue weighted by Crippen LogP contribution is 2.04. The van der Waals surface area contributed by atoms with E-state index in [2.05, 4.69) is 16.7 Å². The van der Waals surface area contributed by atoms with Crippen LogP contribution in [0.15, 0.2) is 52.3 Å². The topological polar surface area (TPSA) is 34.0 Å². The van der Waals surface area contributed by atoms with Gasteiger partial charge in [0.1, 0.15) is 18.7 Å². The first kappa shape index (κ1) is 11.2. The van der Waals surface area contributed by atoms with E-state index in [0.29, 0.717) is 6.61 Å². The van der Waals surface area contributed by atoms with Crippen molar-refractivity contribution in [1.29, 1.82) is 0 Å². The van der Waals surface area contributed by atoms with Gasteiger partial charge in [-0.2, -0.15) is 0 Å². The maximum Gasteiger partial charge on any atom is 0.114 e. The second-order valence-corrected chi connectivity index (χ2v) is 2.96. The summed E-state index contributed by atoms with van der Waals surface area (Å²) in [4.78, 5) is 7.34. The molecule has 78 valence electrons. The van der Waals surface area contributed by atoms with Crippen molar-refractivity contribution >= 4 is 13.1 Å². The predicted octanol–water partition coefficient (Wildman–Crippen LogP) is 2.79. The lowest BCUT2D eigenvalue weighted by molar-refractivity contribution is 0.200. The van der Waals surface area contributed by atoms with Gasteiger partial charge in [-0.1, -0.05) is 30.3 Å². The molecule has 0 aliphatic carbocycles. The first-order chi connectivity index (χ1) is 7.33. The molecule has 0 bridgehead atoms. The van der Waals surface area contributed by atoms with Gasteiger partial charge in [0.25, 0.3) is 0 Å². The van der Waals surface area contributed by atoms with Crippen LogP contribution in [-0.4, -0.2) is 13.1 Å². The van der Waals surface area contributed by atoms with Gasteiger partial charge in [-0.25, -0.2) is 4.99 Å². The summed E-state index contributed by atoms with van der Waals surface area (Å²) in [6, 6.07) is 9.98. The zero-order valence-corrected chi connectivity index (χ0v) is 8.76. The molecule has 1 aromatic carbocycles. The predicted molar refractivity (Wildman–Crippen MR) is 63.0 cm³/mol. The summed E-state index contributed by atoms with van der Waals surface area (Å²) in [5.74, 6) is 0.749. The van der Waals surface area contributed by atoms with Crippen LogP contribution in [0, 0.1) is 0 Å². The number of rotatable bonds is 5. The fourth-order valence-corrected chi connectivity index (χ4v) is 0.994. The molecule has 0 spiro atoms. The van der Waals surface area contributed by atoms with Crippen LogP contribution in [0.3, 0.4) is 0 Å². The van der Waals surface area contributed by atoms with E-state index in [1.807, 2.05) is 37.3 Å². The van der Waals surface area contributed by atoms with Crippen LogP contribution in [-0.2, 0) is 11.3 Å². The Morgan fingerprint density at radius 3 is 2.80 bits per heavy atom. The van der Waals surface area contributed by atoms with Crippen LogP contribution in [0.1, 0.15) is 12.5 Å². The summed E-state index contributed by atoms with van der Waals surface area (Å²) < 4.78 is 5.46. The van der Waals surface area contributed by atoms with Gasteiger partial charge in [0, 0.05) is 0 Å². The van der Waals surface area contributed by atoms with Crippen molar-refractivity contribution in [2.45, 2.75) is 13.5 Å². The molecule has 0 aliphatic heterocycles. The Morgan fingerprint density at radius 1 is 1.40 bits per heavy atom. The summed E-state index contributed by atoms with van der Waals surface area (Å²) in [5.41, 5.74) is 1.14. The third-order valence-corrected chi connectivity index (χ3v) is 1.71. The molecular weight excluding hydrogens is 188 g/mol. The Balaban J connectivity index is 2.40. The highest BCUT2D eigenvalue weighted by molar-refractivity contribution is 5.62. The van der Waals surface area contributed by atoms with E-state index in [-0.39, 0.29) is 0 Å². The van der Waals surface area contributed by atoms with Gasteiger partial charge in [-0.3, -0.25) is 4.99 Å². The smallest absolute Gasteiger partial charge is 0.114 e. The second kappa shape index (κ2) is 6.54. The zero-order chi connectivity index (χ0) is 10.9. The molecule has 1 rings (SSSR count). The van der Waals surface area contributed by atoms with Gasteiger partial charge in [-0.05, 0) is 19.2 Å². The molecule has 0 fully saturated rings. The second-order valence-electron chi connectivity index (χ2n) is 2.96. The number of allylic oxidation sites excluding steroid dienone is 1. The van der Waals surface area contributed by atoms with Crippen molar-refractivity contribution < 1.29 is 4.74 Å². The normalized spacial score (nSPS) is 11.7. The molecule has 0 radical (unpaired) electrons. The Bertz CT molecular complexity index is 355. The lowest BCUT2D eigenvalue weighted by atomic mass is 10.2. The first-order valence-corrected chi connectivity index (χ1v) is 4.64. The lowest BCUT2D eigenvalue weighted by Crippen LogP contribution is -1.89. The Kier molecular flexibility index (Phi) is 4.87. The summed E-state index contributed by atoms with van der Waals surface area (Å²) in [7, 11) is 0. The fourth-order valence-electron chi connectivity index (χ4n) is 0.994. The van der Waals surface area contributed by atoms with Crippen molar-refractivity contribution in [3.63, 3.8) is 0 Å². The Hall–Kier alpha value is -1.90. The average Bonchev–Trinajstić information content (AvgIpc) is 2.28. The SMILES string of the molecule is C=NC=N/C=C(\C)OCc1ccccc1. The number of hydrogen-bond donors (Lipinski definition) is 0. The minimum Gasteiger partial charge on any atom is -0.492 e. The maximum absolute atomic E-state index is 5.46. The number of hydrogen-bond acceptors (Lipinski definition) is 2. The summed E-state index contributed by atoms with van der Waals surface area (Å²) in [5, 5.41) is 0. The van der Waals surface area contributed by atoms with Crippen molar-refractivity contribution in [3.05, 3.63) is 47.9 Å². The van der Waals surface area contributed by atoms with Gasteiger partial charge in [0.2, 0.25) is 0 Å². The Morgan fingerprint density at radius 2 is 2.13 bits per heavy atom. The molecule has 0 atom stereocenters. The molecule has 0 aliphatic rings. The monoisotopic (exact) mass is 202 g/mol. The number of aliphatic imine (C=N–C) groups is 2. The molecule has 0 amide bonds. The minimum atomic E-state index is 0.556. The quantitative estimate of drug-likeness (QED) is 0.410. The van der Waals surface area contributed by atoms with Gasteiger partial charge >= 0.3 is 0 Å². The highest BCUT2D eigenvalue weighted by Gasteiger charge is 1.92. The molecule has 0 N–H and O–H groups in total. The first-order valence-electron chi connectivity index (χ1n) is 4.64. The number of benzene rings is 1. The molecule has 0 saturated carbocycles. The minimum absolute atomic E-state index is 0.556. The third kappa shape index (κ3) is 4.76. The van der Waals surface area contributed by atoms with Crippen molar-refractivity contribution in [1.82, 2.24) is 0 Å². The Labute approximate surface area is 89.8 Å². The molecule has 0 saturated heterocycles. The van der Waals surface area contributed by atoms with Gasteiger partial charge < -0.3 is 4.74 Å². The molecule has 0 heterocycles. The van der Waals surface area contributed by atoms with Crippen LogP contribution in [0.2, 0.25) is 0 Å².